The molecular weight excluding hydrogens is 278 g/mol. The van der Waals surface area contributed by atoms with E-state index in [-0.39, 0.29) is 0 Å². The number of carbonyl (C=O) groups is 1. The van der Waals surface area contributed by atoms with Gasteiger partial charge in [-0.15, -0.1) is 0 Å². The highest BCUT2D eigenvalue weighted by molar-refractivity contribution is 6.30. The highest BCUT2D eigenvalue weighted by Gasteiger charge is 2.27. The molecule has 1 aliphatic rings. The molecule has 0 bridgehead atoms. The van der Waals surface area contributed by atoms with Crippen molar-refractivity contribution in [2.75, 3.05) is 26.8 Å². The Bertz CT molecular complexity index is 443. The third kappa shape index (κ3) is 3.95. The summed E-state index contributed by atoms with van der Waals surface area (Å²) in [4.78, 5) is 13.5. The van der Waals surface area contributed by atoms with Crippen LogP contribution >= 0.6 is 11.6 Å². The number of nitrogens with zero attached hydrogens (tertiary/aromatic N) is 1. The summed E-state index contributed by atoms with van der Waals surface area (Å²) >= 11 is 5.86. The van der Waals surface area contributed by atoms with E-state index < -0.39 is 12.0 Å². The van der Waals surface area contributed by atoms with Crippen LogP contribution in [0.25, 0.3) is 0 Å². The summed E-state index contributed by atoms with van der Waals surface area (Å²) < 4.78 is 5.34. The Morgan fingerprint density at radius 3 is 2.55 bits per heavy atom. The molecule has 0 aliphatic carbocycles. The number of ether oxygens (including phenoxy) is 1. The normalized spacial score (nSPS) is 18.1. The maximum absolute atomic E-state index is 11.6. The van der Waals surface area contributed by atoms with Crippen molar-refractivity contribution in [3.05, 3.63) is 34.9 Å². The maximum Gasteiger partial charge on any atom is 0.325 e. The molecule has 1 fully saturated rings. The molecule has 4 nitrogen and oxygen atoms in total. The second kappa shape index (κ2) is 7.07. The van der Waals surface area contributed by atoms with Crippen LogP contribution in [-0.2, 0) is 9.53 Å². The molecule has 1 saturated heterocycles. The van der Waals surface area contributed by atoms with Crippen molar-refractivity contribution in [3.63, 3.8) is 0 Å². The van der Waals surface area contributed by atoms with Gasteiger partial charge >= 0.3 is 5.97 Å². The average molecular weight is 298 g/mol. The zero-order valence-electron chi connectivity index (χ0n) is 11.6. The first-order valence-electron chi connectivity index (χ1n) is 6.84. The van der Waals surface area contributed by atoms with Crippen LogP contribution in [0.4, 0.5) is 0 Å². The monoisotopic (exact) mass is 297 g/mol. The Morgan fingerprint density at radius 2 is 2.00 bits per heavy atom. The van der Waals surface area contributed by atoms with Gasteiger partial charge in [0.1, 0.15) is 6.04 Å². The maximum atomic E-state index is 11.6. The van der Waals surface area contributed by atoms with Crippen molar-refractivity contribution in [1.29, 1.82) is 0 Å². The predicted molar refractivity (Wildman–Crippen MR) is 78.0 cm³/mol. The quantitative estimate of drug-likeness (QED) is 0.908. The Hall–Kier alpha value is -1.10. The Labute approximate surface area is 124 Å². The van der Waals surface area contributed by atoms with Gasteiger partial charge in [-0.1, -0.05) is 23.7 Å². The fourth-order valence-corrected chi connectivity index (χ4v) is 2.80. The van der Waals surface area contributed by atoms with Gasteiger partial charge in [0, 0.05) is 24.8 Å². The fourth-order valence-electron chi connectivity index (χ4n) is 2.67. The van der Waals surface area contributed by atoms with Crippen LogP contribution in [0.3, 0.4) is 0 Å². The molecule has 1 aromatic carbocycles. The zero-order chi connectivity index (χ0) is 14.5. The first-order valence-corrected chi connectivity index (χ1v) is 7.22. The van der Waals surface area contributed by atoms with Crippen molar-refractivity contribution in [1.82, 2.24) is 4.90 Å². The minimum atomic E-state index is -0.832. The Kier molecular flexibility index (Phi) is 5.40. The van der Waals surface area contributed by atoms with Crippen LogP contribution in [0.5, 0.6) is 0 Å². The number of carboxylic acids is 1. The van der Waals surface area contributed by atoms with Crippen LogP contribution in [0.1, 0.15) is 24.4 Å². The summed E-state index contributed by atoms with van der Waals surface area (Å²) in [5.74, 6) is -0.329. The summed E-state index contributed by atoms with van der Waals surface area (Å²) in [5, 5.41) is 10.1. The van der Waals surface area contributed by atoms with Crippen LogP contribution in [0.15, 0.2) is 24.3 Å². The van der Waals surface area contributed by atoms with Gasteiger partial charge in [-0.2, -0.15) is 0 Å². The van der Waals surface area contributed by atoms with Crippen molar-refractivity contribution in [2.45, 2.75) is 18.9 Å². The molecule has 2 rings (SSSR count). The zero-order valence-corrected chi connectivity index (χ0v) is 12.3. The van der Waals surface area contributed by atoms with E-state index in [1.54, 1.807) is 24.3 Å². The third-order valence-electron chi connectivity index (χ3n) is 3.75. The SMILES string of the molecule is CN(CC1CCOCC1)[C@@H](C(=O)O)c1ccc(Cl)cc1. The van der Waals surface area contributed by atoms with E-state index in [2.05, 4.69) is 0 Å². The van der Waals surface area contributed by atoms with E-state index >= 15 is 0 Å². The fraction of sp³-hybridized carbons (Fsp3) is 0.533. The topological polar surface area (TPSA) is 49.8 Å². The summed E-state index contributed by atoms with van der Waals surface area (Å²) in [6.45, 7) is 2.32. The van der Waals surface area contributed by atoms with Gasteiger partial charge in [0.05, 0.1) is 0 Å². The van der Waals surface area contributed by atoms with Crippen LogP contribution < -0.4 is 0 Å². The van der Waals surface area contributed by atoms with E-state index in [0.29, 0.717) is 10.9 Å². The van der Waals surface area contributed by atoms with Crippen molar-refractivity contribution >= 4 is 17.6 Å². The number of benzene rings is 1. The van der Waals surface area contributed by atoms with Gasteiger partial charge in [0.25, 0.3) is 0 Å². The number of aliphatic carboxylic acids is 1. The summed E-state index contributed by atoms with van der Waals surface area (Å²) in [5.41, 5.74) is 0.761. The molecular formula is C15H20ClNO3. The van der Waals surface area contributed by atoms with Gasteiger partial charge < -0.3 is 9.84 Å². The second-order valence-corrected chi connectivity index (χ2v) is 5.72. The molecule has 20 heavy (non-hydrogen) atoms. The van der Waals surface area contributed by atoms with E-state index in [1.807, 2.05) is 11.9 Å². The molecule has 0 unspecified atom stereocenters. The Balaban J connectivity index is 2.07. The van der Waals surface area contributed by atoms with Crippen molar-refractivity contribution < 1.29 is 14.6 Å². The van der Waals surface area contributed by atoms with Crippen molar-refractivity contribution in [3.8, 4) is 0 Å². The van der Waals surface area contributed by atoms with Gasteiger partial charge in [0.2, 0.25) is 0 Å². The van der Waals surface area contributed by atoms with Crippen LogP contribution in [0, 0.1) is 5.92 Å². The van der Waals surface area contributed by atoms with Gasteiger partial charge in [-0.25, -0.2) is 0 Å². The minimum absolute atomic E-state index is 0.503. The smallest absolute Gasteiger partial charge is 0.325 e. The lowest BCUT2D eigenvalue weighted by atomic mass is 9.98. The number of hydrogen-bond acceptors (Lipinski definition) is 3. The first kappa shape index (κ1) is 15.3. The summed E-state index contributed by atoms with van der Waals surface area (Å²) in [6, 6.07) is 6.39. The van der Waals surface area contributed by atoms with Gasteiger partial charge in [-0.05, 0) is 43.5 Å². The van der Waals surface area contributed by atoms with E-state index in [9.17, 15) is 9.90 Å². The molecule has 0 amide bonds. The van der Waals surface area contributed by atoms with E-state index in [1.165, 1.54) is 0 Å². The average Bonchev–Trinajstić information content (AvgIpc) is 2.42. The lowest BCUT2D eigenvalue weighted by Crippen LogP contribution is -2.36. The first-order chi connectivity index (χ1) is 9.58. The number of likely N-dealkylation sites (N-methyl/N-ethyl adjacent to an activating group) is 1. The van der Waals surface area contributed by atoms with Gasteiger partial charge in [0.15, 0.2) is 0 Å². The molecule has 1 aliphatic heterocycles. The predicted octanol–water partition coefficient (Wildman–Crippen LogP) is 2.82. The number of hydrogen-bond donors (Lipinski definition) is 1. The minimum Gasteiger partial charge on any atom is -0.480 e. The van der Waals surface area contributed by atoms with Crippen molar-refractivity contribution in [2.24, 2.45) is 5.92 Å². The second-order valence-electron chi connectivity index (χ2n) is 5.29. The standard InChI is InChI=1S/C15H20ClNO3/c1-17(10-11-6-8-20-9-7-11)14(15(18)19)12-2-4-13(16)5-3-12/h2-5,11,14H,6-10H2,1H3,(H,18,19)/t14-/m1/s1. The summed E-state index contributed by atoms with van der Waals surface area (Å²) in [6.07, 6.45) is 1.99. The number of halogens is 1. The number of rotatable bonds is 5. The third-order valence-corrected chi connectivity index (χ3v) is 4.00. The largest absolute Gasteiger partial charge is 0.480 e. The molecule has 0 radical (unpaired) electrons. The molecule has 0 aromatic heterocycles. The molecule has 1 atom stereocenters. The molecule has 0 spiro atoms. The van der Waals surface area contributed by atoms with Crippen LogP contribution in [-0.4, -0.2) is 42.8 Å². The molecule has 1 aromatic rings. The van der Waals surface area contributed by atoms with E-state index in [0.717, 1.165) is 38.2 Å². The van der Waals surface area contributed by atoms with E-state index in [4.69, 9.17) is 16.3 Å². The van der Waals surface area contributed by atoms with Crippen LogP contribution in [0.2, 0.25) is 5.02 Å². The lowest BCUT2D eigenvalue weighted by molar-refractivity contribution is -0.143. The molecule has 5 heteroatoms. The molecule has 110 valence electrons. The molecule has 0 saturated carbocycles. The number of carboxylic acid groups (broad SMARTS) is 1. The summed E-state index contributed by atoms with van der Waals surface area (Å²) in [7, 11) is 1.86. The highest BCUT2D eigenvalue weighted by atomic mass is 35.5. The Morgan fingerprint density at radius 1 is 1.40 bits per heavy atom. The highest BCUT2D eigenvalue weighted by Crippen LogP contribution is 2.25. The lowest BCUT2D eigenvalue weighted by Gasteiger charge is -2.31. The van der Waals surface area contributed by atoms with Gasteiger partial charge in [-0.3, -0.25) is 9.69 Å². The molecule has 1 N–H and O–H groups in total. The molecule has 1 heterocycles.